The molecule has 0 atom stereocenters. The summed E-state index contributed by atoms with van der Waals surface area (Å²) < 4.78 is 0. The van der Waals surface area contributed by atoms with Gasteiger partial charge in [0, 0.05) is 5.70 Å². The van der Waals surface area contributed by atoms with E-state index < -0.39 is 0 Å². The van der Waals surface area contributed by atoms with Crippen molar-refractivity contribution in [3.05, 3.63) is 23.4 Å². The molecular weight excluding hydrogens is 114 g/mol. The first-order valence-electron chi connectivity index (χ1n) is 3.08. The van der Waals surface area contributed by atoms with Gasteiger partial charge in [0.1, 0.15) is 0 Å². The molecule has 0 bridgehead atoms. The minimum Gasteiger partial charge on any atom is -0.402 e. The van der Waals surface area contributed by atoms with Crippen LogP contribution in [-0.2, 0) is 0 Å². The molecule has 0 amide bonds. The van der Waals surface area contributed by atoms with Gasteiger partial charge in [0.2, 0.25) is 0 Å². The lowest BCUT2D eigenvalue weighted by Crippen LogP contribution is -2.03. The highest BCUT2D eigenvalue weighted by molar-refractivity contribution is 5.22. The maximum Gasteiger partial charge on any atom is 0.0644 e. The quantitative estimate of drug-likeness (QED) is 0.537. The van der Waals surface area contributed by atoms with E-state index in [1.807, 2.05) is 12.2 Å². The molecule has 0 fully saturated rings. The average Bonchev–Trinajstić information content (AvgIpc) is 1.90. The van der Waals surface area contributed by atoms with Gasteiger partial charge in [0.15, 0.2) is 0 Å². The lowest BCUT2D eigenvalue weighted by molar-refractivity contribution is 0.326. The maximum atomic E-state index is 8.64. The van der Waals surface area contributed by atoms with Crippen molar-refractivity contribution in [1.82, 2.24) is 0 Å². The highest BCUT2D eigenvalue weighted by Crippen LogP contribution is 2.13. The summed E-state index contributed by atoms with van der Waals surface area (Å²) in [6.07, 6.45) is 5.55. The van der Waals surface area contributed by atoms with Gasteiger partial charge in [0.05, 0.1) is 6.61 Å². The second kappa shape index (κ2) is 2.69. The van der Waals surface area contributed by atoms with E-state index in [1.54, 1.807) is 0 Å². The maximum absolute atomic E-state index is 8.64. The topological polar surface area (TPSA) is 46.2 Å². The number of rotatable bonds is 1. The number of aliphatic hydroxyl groups is 1. The number of nitrogens with two attached hydrogens (primary N) is 1. The van der Waals surface area contributed by atoms with Gasteiger partial charge in [-0.2, -0.15) is 0 Å². The molecule has 0 spiro atoms. The first kappa shape index (κ1) is 6.36. The summed E-state index contributed by atoms with van der Waals surface area (Å²) in [5.74, 6) is 0. The standard InChI is InChI=1S/C7H11NO/c8-7-3-1-6(5-9)2-4-7/h1,3,9H,2,4-5,8H2. The van der Waals surface area contributed by atoms with E-state index in [1.165, 1.54) is 0 Å². The minimum atomic E-state index is 0.170. The monoisotopic (exact) mass is 125 g/mol. The van der Waals surface area contributed by atoms with Crippen molar-refractivity contribution >= 4 is 0 Å². The zero-order chi connectivity index (χ0) is 6.69. The molecule has 0 aliphatic heterocycles. The van der Waals surface area contributed by atoms with Gasteiger partial charge >= 0.3 is 0 Å². The number of hydrogen-bond donors (Lipinski definition) is 2. The molecule has 0 unspecified atom stereocenters. The van der Waals surface area contributed by atoms with Crippen molar-refractivity contribution in [2.75, 3.05) is 6.61 Å². The second-order valence-electron chi connectivity index (χ2n) is 2.22. The van der Waals surface area contributed by atoms with Gasteiger partial charge in [-0.15, -0.1) is 0 Å². The third-order valence-corrected chi connectivity index (χ3v) is 1.47. The Hall–Kier alpha value is -0.760. The van der Waals surface area contributed by atoms with Crippen LogP contribution >= 0.6 is 0 Å². The van der Waals surface area contributed by atoms with Crippen LogP contribution in [0.3, 0.4) is 0 Å². The summed E-state index contributed by atoms with van der Waals surface area (Å²) >= 11 is 0. The third kappa shape index (κ3) is 1.57. The Labute approximate surface area is 54.7 Å². The summed E-state index contributed by atoms with van der Waals surface area (Å²) in [6, 6.07) is 0. The highest BCUT2D eigenvalue weighted by Gasteiger charge is 2.00. The molecule has 0 aromatic heterocycles. The first-order chi connectivity index (χ1) is 4.33. The van der Waals surface area contributed by atoms with E-state index in [-0.39, 0.29) is 6.61 Å². The lowest BCUT2D eigenvalue weighted by Gasteiger charge is -2.07. The molecule has 9 heavy (non-hydrogen) atoms. The van der Waals surface area contributed by atoms with Crippen LogP contribution in [0.2, 0.25) is 0 Å². The summed E-state index contributed by atoms with van der Waals surface area (Å²) in [7, 11) is 0. The number of allylic oxidation sites excluding steroid dienone is 3. The van der Waals surface area contributed by atoms with Gasteiger partial charge in [-0.05, 0) is 24.5 Å². The molecule has 0 saturated heterocycles. The van der Waals surface area contributed by atoms with Crippen LogP contribution in [0.5, 0.6) is 0 Å². The molecule has 0 heterocycles. The van der Waals surface area contributed by atoms with Gasteiger partial charge in [-0.25, -0.2) is 0 Å². The van der Waals surface area contributed by atoms with Crippen molar-refractivity contribution in [2.45, 2.75) is 12.8 Å². The Bertz CT molecular complexity index is 158. The van der Waals surface area contributed by atoms with Crippen LogP contribution in [0.25, 0.3) is 0 Å². The van der Waals surface area contributed by atoms with E-state index in [2.05, 4.69) is 0 Å². The molecule has 0 aromatic rings. The van der Waals surface area contributed by atoms with Gasteiger partial charge < -0.3 is 10.8 Å². The summed E-state index contributed by atoms with van der Waals surface area (Å²) in [6.45, 7) is 0.170. The molecule has 2 heteroatoms. The third-order valence-electron chi connectivity index (χ3n) is 1.47. The van der Waals surface area contributed by atoms with Crippen LogP contribution in [0.4, 0.5) is 0 Å². The van der Waals surface area contributed by atoms with Crippen molar-refractivity contribution in [1.29, 1.82) is 0 Å². The van der Waals surface area contributed by atoms with Gasteiger partial charge in [0.25, 0.3) is 0 Å². The summed E-state index contributed by atoms with van der Waals surface area (Å²) in [5, 5.41) is 8.64. The van der Waals surface area contributed by atoms with E-state index in [4.69, 9.17) is 10.8 Å². The molecular formula is C7H11NO. The Morgan fingerprint density at radius 1 is 1.44 bits per heavy atom. The average molecular weight is 125 g/mol. The Morgan fingerprint density at radius 3 is 2.67 bits per heavy atom. The minimum absolute atomic E-state index is 0.170. The Kier molecular flexibility index (Phi) is 1.90. The van der Waals surface area contributed by atoms with E-state index in [0.29, 0.717) is 0 Å². The van der Waals surface area contributed by atoms with Crippen LogP contribution in [0.15, 0.2) is 23.4 Å². The predicted molar refractivity (Wildman–Crippen MR) is 36.7 cm³/mol. The fourth-order valence-corrected chi connectivity index (χ4v) is 0.828. The van der Waals surface area contributed by atoms with Gasteiger partial charge in [-0.1, -0.05) is 6.08 Å². The first-order valence-corrected chi connectivity index (χ1v) is 3.08. The summed E-state index contributed by atoms with van der Waals surface area (Å²) in [4.78, 5) is 0. The van der Waals surface area contributed by atoms with Crippen LogP contribution in [0, 0.1) is 0 Å². The molecule has 0 aromatic carbocycles. The normalized spacial score (nSPS) is 18.8. The summed E-state index contributed by atoms with van der Waals surface area (Å²) in [5.41, 5.74) is 7.47. The fraction of sp³-hybridized carbons (Fsp3) is 0.429. The molecule has 1 aliphatic rings. The number of aliphatic hydroxyl groups excluding tert-OH is 1. The molecule has 0 saturated carbocycles. The SMILES string of the molecule is NC1=CC=C(CO)CC1. The molecule has 1 rings (SSSR count). The Balaban J connectivity index is 2.59. The fourth-order valence-electron chi connectivity index (χ4n) is 0.828. The lowest BCUT2D eigenvalue weighted by atomic mass is 10.0. The van der Waals surface area contributed by atoms with E-state index in [0.717, 1.165) is 24.1 Å². The van der Waals surface area contributed by atoms with Crippen LogP contribution < -0.4 is 5.73 Å². The second-order valence-corrected chi connectivity index (χ2v) is 2.22. The molecule has 0 radical (unpaired) electrons. The predicted octanol–water partition coefficient (Wildman–Crippen LogP) is 0.542. The van der Waals surface area contributed by atoms with Crippen molar-refractivity contribution in [3.63, 3.8) is 0 Å². The molecule has 2 nitrogen and oxygen atoms in total. The zero-order valence-corrected chi connectivity index (χ0v) is 5.30. The van der Waals surface area contributed by atoms with E-state index in [9.17, 15) is 0 Å². The molecule has 1 aliphatic carbocycles. The Morgan fingerprint density at radius 2 is 2.22 bits per heavy atom. The molecule has 3 N–H and O–H groups in total. The van der Waals surface area contributed by atoms with Gasteiger partial charge in [-0.3, -0.25) is 0 Å². The van der Waals surface area contributed by atoms with E-state index >= 15 is 0 Å². The number of hydrogen-bond acceptors (Lipinski definition) is 2. The van der Waals surface area contributed by atoms with Crippen molar-refractivity contribution < 1.29 is 5.11 Å². The largest absolute Gasteiger partial charge is 0.402 e. The van der Waals surface area contributed by atoms with Crippen LogP contribution in [0.1, 0.15) is 12.8 Å². The van der Waals surface area contributed by atoms with Crippen molar-refractivity contribution in [2.24, 2.45) is 5.73 Å². The highest BCUT2D eigenvalue weighted by atomic mass is 16.3. The molecule has 50 valence electrons. The van der Waals surface area contributed by atoms with Crippen molar-refractivity contribution in [3.8, 4) is 0 Å². The smallest absolute Gasteiger partial charge is 0.0644 e. The van der Waals surface area contributed by atoms with Crippen LogP contribution in [-0.4, -0.2) is 11.7 Å². The zero-order valence-electron chi connectivity index (χ0n) is 5.30.